The first kappa shape index (κ1) is 24.6. The maximum absolute atomic E-state index is 14.8. The minimum absolute atomic E-state index is 0.0294. The molecule has 1 amide bonds. The summed E-state index contributed by atoms with van der Waals surface area (Å²) in [6, 6.07) is 5.39. The molecule has 2 fully saturated rings. The molecule has 6 rings (SSSR count). The fraction of sp³-hybridized carbons (Fsp3) is 0.400. The zero-order chi connectivity index (χ0) is 26.2. The molecule has 1 unspecified atom stereocenters. The molecule has 4 aliphatic heterocycles. The Morgan fingerprint density at radius 2 is 1.92 bits per heavy atom. The van der Waals surface area contributed by atoms with Crippen molar-refractivity contribution in [3.63, 3.8) is 0 Å². The number of allylic oxidation sites excluding steroid dienone is 1. The van der Waals surface area contributed by atoms with Gasteiger partial charge in [0.1, 0.15) is 11.5 Å². The van der Waals surface area contributed by atoms with Gasteiger partial charge in [0, 0.05) is 38.4 Å². The molecule has 1 atom stereocenters. The predicted octanol–water partition coefficient (Wildman–Crippen LogP) is 2.09. The van der Waals surface area contributed by atoms with Crippen LogP contribution >= 0.6 is 11.6 Å². The number of carbonyl (C=O) groups excluding carboxylic acids is 1. The summed E-state index contributed by atoms with van der Waals surface area (Å²) < 4.78 is 16.0. The van der Waals surface area contributed by atoms with Crippen molar-refractivity contribution < 1.29 is 9.18 Å². The highest BCUT2D eigenvalue weighted by molar-refractivity contribution is 6.30. The van der Waals surface area contributed by atoms with Crippen molar-refractivity contribution in [1.82, 2.24) is 40.4 Å². The second-order valence-corrected chi connectivity index (χ2v) is 10.2. The standard InChI is InChI=1S/C25H28ClFN10O/c26-20-2-1-3-22(24(20)27)37-25(30-31-32-37)35-14-17(4-5-23(35)28)21-6-10-29-36(21)18-8-12-34(13-9-18)19-7-11-33(15-19)16-38/h1-6,10,16,18-19,28-29H,7-9,11-15H2. The van der Waals surface area contributed by atoms with E-state index in [0.29, 0.717) is 18.6 Å². The number of hydrogen-bond acceptors (Lipinski definition) is 8. The van der Waals surface area contributed by atoms with E-state index in [2.05, 4.69) is 30.9 Å². The highest BCUT2D eigenvalue weighted by Gasteiger charge is 2.34. The molecule has 0 aliphatic carbocycles. The monoisotopic (exact) mass is 538 g/mol. The summed E-state index contributed by atoms with van der Waals surface area (Å²) in [7, 11) is 0. The Balaban J connectivity index is 1.20. The van der Waals surface area contributed by atoms with Crippen LogP contribution < -0.4 is 10.3 Å². The van der Waals surface area contributed by atoms with Gasteiger partial charge in [0.2, 0.25) is 6.41 Å². The quantitative estimate of drug-likeness (QED) is 0.557. The lowest BCUT2D eigenvalue weighted by Gasteiger charge is -2.41. The number of nitrogens with zero attached hydrogens (tertiary/aromatic N) is 8. The van der Waals surface area contributed by atoms with Crippen LogP contribution in [0, 0.1) is 11.2 Å². The number of rotatable bonds is 5. The number of tetrazole rings is 1. The van der Waals surface area contributed by atoms with E-state index in [1.807, 2.05) is 23.3 Å². The van der Waals surface area contributed by atoms with Crippen molar-refractivity contribution in [3.8, 4) is 5.69 Å². The number of aromatic nitrogens is 4. The molecular formula is C25H28ClFN10O. The minimum Gasteiger partial charge on any atom is -0.344 e. The minimum atomic E-state index is -0.628. The Morgan fingerprint density at radius 3 is 2.71 bits per heavy atom. The predicted molar refractivity (Wildman–Crippen MR) is 140 cm³/mol. The van der Waals surface area contributed by atoms with Crippen LogP contribution in [-0.4, -0.2) is 92.1 Å². The van der Waals surface area contributed by atoms with Gasteiger partial charge in [-0.3, -0.25) is 25.0 Å². The van der Waals surface area contributed by atoms with Crippen molar-refractivity contribution >= 4 is 29.8 Å². The molecule has 0 spiro atoms. The fourth-order valence-electron chi connectivity index (χ4n) is 5.67. The van der Waals surface area contributed by atoms with E-state index in [1.54, 1.807) is 23.1 Å². The van der Waals surface area contributed by atoms with E-state index in [9.17, 15) is 9.18 Å². The third-order valence-corrected chi connectivity index (χ3v) is 7.98. The second-order valence-electron chi connectivity index (χ2n) is 9.82. The molecule has 2 N–H and O–H groups in total. The van der Waals surface area contributed by atoms with Gasteiger partial charge in [-0.15, -0.1) is 0 Å². The molecule has 1 aromatic carbocycles. The SMILES string of the molecule is N=C1C=CC(=C2C=CNN2C2CCN(C3CCN(C=O)C3)CC2)CN1c1nnnn1-c1cccc(Cl)c1F. The summed E-state index contributed by atoms with van der Waals surface area (Å²) in [5.41, 5.74) is 5.52. The lowest BCUT2D eigenvalue weighted by atomic mass is 10.0. The van der Waals surface area contributed by atoms with Gasteiger partial charge in [-0.2, -0.15) is 4.68 Å². The third kappa shape index (κ3) is 4.43. The molecule has 2 aromatic rings. The molecule has 4 aliphatic rings. The largest absolute Gasteiger partial charge is 0.344 e. The van der Waals surface area contributed by atoms with E-state index in [1.165, 1.54) is 10.7 Å². The summed E-state index contributed by atoms with van der Waals surface area (Å²) >= 11 is 5.99. The number of hydrogen-bond donors (Lipinski definition) is 2. The number of nitrogens with one attached hydrogen (secondary N) is 2. The summed E-state index contributed by atoms with van der Waals surface area (Å²) in [5, 5.41) is 22.5. The first-order valence-corrected chi connectivity index (χ1v) is 13.1. The summed E-state index contributed by atoms with van der Waals surface area (Å²) in [4.78, 5) is 17.1. The molecule has 2 saturated heterocycles. The number of benzene rings is 1. The van der Waals surface area contributed by atoms with Gasteiger partial charge in [-0.1, -0.05) is 28.8 Å². The summed E-state index contributed by atoms with van der Waals surface area (Å²) in [6.45, 7) is 3.97. The molecule has 11 nitrogen and oxygen atoms in total. The number of amidine groups is 1. The highest BCUT2D eigenvalue weighted by Crippen LogP contribution is 2.30. The van der Waals surface area contributed by atoms with E-state index in [-0.39, 0.29) is 22.5 Å². The van der Waals surface area contributed by atoms with E-state index in [4.69, 9.17) is 17.0 Å². The van der Waals surface area contributed by atoms with Crippen molar-refractivity contribution in [2.24, 2.45) is 0 Å². The van der Waals surface area contributed by atoms with Crippen LogP contribution in [0.1, 0.15) is 19.3 Å². The lowest BCUT2D eigenvalue weighted by molar-refractivity contribution is -0.117. The van der Waals surface area contributed by atoms with Crippen LogP contribution in [0.4, 0.5) is 10.3 Å². The van der Waals surface area contributed by atoms with Crippen LogP contribution in [0.2, 0.25) is 5.02 Å². The summed E-state index contributed by atoms with van der Waals surface area (Å²) in [6.07, 6.45) is 11.6. The number of piperidine rings is 1. The zero-order valence-electron chi connectivity index (χ0n) is 20.7. The number of likely N-dealkylation sites (tertiary alicyclic amines) is 2. The first-order chi connectivity index (χ1) is 18.5. The Labute approximate surface area is 224 Å². The topological polar surface area (TPSA) is 110 Å². The Bertz CT molecular complexity index is 1330. The molecule has 0 radical (unpaired) electrons. The number of amides is 1. The van der Waals surface area contributed by atoms with E-state index in [0.717, 1.165) is 63.1 Å². The number of anilines is 1. The van der Waals surface area contributed by atoms with Crippen molar-refractivity contribution in [1.29, 1.82) is 5.41 Å². The number of halogens is 2. The van der Waals surface area contributed by atoms with Crippen LogP contribution in [0.25, 0.3) is 5.69 Å². The molecule has 0 bridgehead atoms. The lowest BCUT2D eigenvalue weighted by Crippen LogP contribution is -2.50. The Kier molecular flexibility index (Phi) is 6.58. The maximum Gasteiger partial charge on any atom is 0.256 e. The zero-order valence-corrected chi connectivity index (χ0v) is 21.4. The van der Waals surface area contributed by atoms with Gasteiger partial charge in [-0.25, -0.2) is 4.39 Å². The Hall–Kier alpha value is -3.77. The molecule has 5 heterocycles. The normalized spacial score (nSPS) is 24.5. The first-order valence-electron chi connectivity index (χ1n) is 12.7. The van der Waals surface area contributed by atoms with Crippen LogP contribution in [0.3, 0.4) is 0 Å². The Morgan fingerprint density at radius 1 is 1.11 bits per heavy atom. The summed E-state index contributed by atoms with van der Waals surface area (Å²) in [5.74, 6) is -0.199. The van der Waals surface area contributed by atoms with Gasteiger partial charge in [0.25, 0.3) is 5.95 Å². The van der Waals surface area contributed by atoms with E-state index < -0.39 is 5.82 Å². The highest BCUT2D eigenvalue weighted by atomic mass is 35.5. The number of carbonyl (C=O) groups is 1. The molecule has 13 heteroatoms. The van der Waals surface area contributed by atoms with Crippen LogP contribution in [0.15, 0.2) is 53.9 Å². The van der Waals surface area contributed by atoms with Crippen molar-refractivity contribution in [3.05, 3.63) is 64.7 Å². The van der Waals surface area contributed by atoms with Crippen molar-refractivity contribution in [2.45, 2.75) is 31.3 Å². The number of hydrazine groups is 1. The van der Waals surface area contributed by atoms with Crippen molar-refractivity contribution in [2.75, 3.05) is 37.6 Å². The van der Waals surface area contributed by atoms with Gasteiger partial charge in [-0.05, 0) is 59.5 Å². The van der Waals surface area contributed by atoms with Gasteiger partial charge >= 0.3 is 0 Å². The smallest absolute Gasteiger partial charge is 0.256 e. The molecule has 1 aromatic heterocycles. The molecule has 38 heavy (non-hydrogen) atoms. The van der Waals surface area contributed by atoms with Gasteiger partial charge in [0.15, 0.2) is 5.82 Å². The second kappa shape index (κ2) is 10.2. The third-order valence-electron chi connectivity index (χ3n) is 7.68. The van der Waals surface area contributed by atoms with Gasteiger partial charge < -0.3 is 10.3 Å². The van der Waals surface area contributed by atoms with Crippen LogP contribution in [0.5, 0.6) is 0 Å². The fourth-order valence-corrected chi connectivity index (χ4v) is 5.84. The van der Waals surface area contributed by atoms with E-state index >= 15 is 0 Å². The van der Waals surface area contributed by atoms with Gasteiger partial charge in [0.05, 0.1) is 23.3 Å². The average molecular weight is 539 g/mol. The molecule has 198 valence electrons. The molecular weight excluding hydrogens is 511 g/mol. The van der Waals surface area contributed by atoms with Crippen LogP contribution in [-0.2, 0) is 4.79 Å². The molecule has 0 saturated carbocycles. The maximum atomic E-state index is 14.8. The average Bonchev–Trinajstić information content (AvgIpc) is 3.71.